The van der Waals surface area contributed by atoms with Gasteiger partial charge in [0, 0.05) is 62.4 Å². The van der Waals surface area contributed by atoms with Crippen molar-refractivity contribution in [1.82, 2.24) is 19.7 Å². The Morgan fingerprint density at radius 2 is 1.83 bits per heavy atom. The van der Waals surface area contributed by atoms with Crippen molar-refractivity contribution in [1.29, 1.82) is 0 Å². The second-order valence-corrected chi connectivity index (χ2v) is 11.8. The number of methoxy groups -OCH3 is 1. The third kappa shape index (κ3) is 6.20. The van der Waals surface area contributed by atoms with Gasteiger partial charge in [-0.1, -0.05) is 23.8 Å². The maximum atomic E-state index is 13.6. The molecule has 0 spiro atoms. The summed E-state index contributed by atoms with van der Waals surface area (Å²) in [6.45, 7) is 13.7. The van der Waals surface area contributed by atoms with Crippen LogP contribution in [0, 0.1) is 6.92 Å². The molecule has 42 heavy (non-hydrogen) atoms. The molecule has 2 aromatic carbocycles. The van der Waals surface area contributed by atoms with Crippen LogP contribution in [0.4, 0.5) is 0 Å². The Bertz CT molecular complexity index is 1390. The van der Waals surface area contributed by atoms with Crippen LogP contribution in [0.15, 0.2) is 42.5 Å². The molecule has 226 valence electrons. The predicted molar refractivity (Wildman–Crippen MR) is 170 cm³/mol. The van der Waals surface area contributed by atoms with Crippen molar-refractivity contribution < 1.29 is 19.0 Å². The molecule has 0 bridgehead atoms. The molecule has 2 atom stereocenters. The van der Waals surface area contributed by atoms with Crippen LogP contribution in [0.25, 0.3) is 10.9 Å². The first-order valence-electron chi connectivity index (χ1n) is 15.1. The van der Waals surface area contributed by atoms with E-state index in [9.17, 15) is 4.79 Å². The van der Waals surface area contributed by atoms with Gasteiger partial charge in [-0.2, -0.15) is 0 Å². The number of ether oxygens (including phenoxy) is 3. The van der Waals surface area contributed by atoms with Crippen LogP contribution in [-0.2, 0) is 20.7 Å². The smallest absolute Gasteiger partial charge is 0.252 e. The fourth-order valence-corrected chi connectivity index (χ4v) is 6.73. The van der Waals surface area contributed by atoms with Crippen molar-refractivity contribution >= 4 is 34.1 Å². The van der Waals surface area contributed by atoms with Crippen LogP contribution in [0.5, 0.6) is 5.75 Å². The molecule has 2 aliphatic rings. The average Bonchev–Trinajstić information content (AvgIpc) is 3.46. The summed E-state index contributed by atoms with van der Waals surface area (Å²) in [5.74, 6) is 0.925. The molecule has 1 N–H and O–H groups in total. The van der Waals surface area contributed by atoms with Gasteiger partial charge in [0.2, 0.25) is 0 Å². The standard InChI is InChI=1S/C33H44N4O4S/c1-6-40-19-16-35(15-18-39-5)14-7-17-41-25-11-9-24(10-12-25)31-30-27(26-20-23(4)8-13-28(26)34-30)21-29-32(38)36(22(2)3)33(42)37(29)31/h8-13,20,22,29,31,34H,6-7,14-19,21H2,1-5H3. The number of H-pyrrole nitrogens is 1. The van der Waals surface area contributed by atoms with E-state index < -0.39 is 0 Å². The first-order valence-corrected chi connectivity index (χ1v) is 15.5. The minimum absolute atomic E-state index is 0.00829. The zero-order chi connectivity index (χ0) is 29.8. The monoisotopic (exact) mass is 592 g/mol. The predicted octanol–water partition coefficient (Wildman–Crippen LogP) is 5.08. The van der Waals surface area contributed by atoms with Crippen LogP contribution in [0.2, 0.25) is 0 Å². The summed E-state index contributed by atoms with van der Waals surface area (Å²) in [7, 11) is 1.73. The molecule has 1 fully saturated rings. The van der Waals surface area contributed by atoms with Gasteiger partial charge in [-0.25, -0.2) is 0 Å². The summed E-state index contributed by atoms with van der Waals surface area (Å²) in [5, 5.41) is 1.80. The number of hydrogen-bond acceptors (Lipinski definition) is 6. The number of thiocarbonyl (C=S) groups is 1. The molecule has 8 nitrogen and oxygen atoms in total. The Balaban J connectivity index is 1.33. The number of benzene rings is 2. The lowest BCUT2D eigenvalue weighted by molar-refractivity contribution is -0.129. The number of rotatable bonds is 14. The summed E-state index contributed by atoms with van der Waals surface area (Å²) < 4.78 is 16.9. The number of carbonyl (C=O) groups is 1. The maximum absolute atomic E-state index is 13.6. The Kier molecular flexibility index (Phi) is 9.83. The van der Waals surface area contributed by atoms with Gasteiger partial charge >= 0.3 is 0 Å². The fraction of sp³-hybridized carbons (Fsp3) is 0.515. The van der Waals surface area contributed by atoms with Gasteiger partial charge in [0.1, 0.15) is 11.8 Å². The highest BCUT2D eigenvalue weighted by molar-refractivity contribution is 7.80. The quantitative estimate of drug-likeness (QED) is 0.207. The number of fused-ring (bicyclic) bond motifs is 4. The molecule has 3 heterocycles. The van der Waals surface area contributed by atoms with Crippen LogP contribution >= 0.6 is 12.2 Å². The Labute approximate surface area is 254 Å². The van der Waals surface area contributed by atoms with Gasteiger partial charge in [0.15, 0.2) is 5.11 Å². The van der Waals surface area contributed by atoms with E-state index in [-0.39, 0.29) is 24.0 Å². The highest BCUT2D eigenvalue weighted by Crippen LogP contribution is 2.44. The van der Waals surface area contributed by atoms with Gasteiger partial charge in [0.05, 0.1) is 25.9 Å². The molecule has 3 aromatic rings. The number of aromatic amines is 1. The van der Waals surface area contributed by atoms with E-state index in [0.717, 1.165) is 61.8 Å². The molecule has 1 aromatic heterocycles. The van der Waals surface area contributed by atoms with Gasteiger partial charge in [-0.3, -0.25) is 14.6 Å². The average molecular weight is 593 g/mol. The van der Waals surface area contributed by atoms with Crippen molar-refractivity contribution in [3.8, 4) is 5.75 Å². The fourth-order valence-electron chi connectivity index (χ4n) is 6.20. The minimum atomic E-state index is -0.309. The molecule has 2 aliphatic heterocycles. The topological polar surface area (TPSA) is 70.3 Å². The van der Waals surface area contributed by atoms with Crippen LogP contribution in [0.3, 0.4) is 0 Å². The molecule has 1 amide bonds. The Morgan fingerprint density at radius 1 is 1.07 bits per heavy atom. The summed E-state index contributed by atoms with van der Waals surface area (Å²) in [6.07, 6.45) is 1.56. The molecule has 0 aliphatic carbocycles. The highest BCUT2D eigenvalue weighted by Gasteiger charge is 2.51. The van der Waals surface area contributed by atoms with E-state index in [4.69, 9.17) is 26.4 Å². The maximum Gasteiger partial charge on any atom is 0.252 e. The third-order valence-electron chi connectivity index (χ3n) is 8.30. The van der Waals surface area contributed by atoms with E-state index in [2.05, 4.69) is 52.0 Å². The van der Waals surface area contributed by atoms with E-state index >= 15 is 0 Å². The summed E-state index contributed by atoms with van der Waals surface area (Å²) in [4.78, 5) is 23.6. The van der Waals surface area contributed by atoms with E-state index in [0.29, 0.717) is 24.7 Å². The summed E-state index contributed by atoms with van der Waals surface area (Å²) in [6, 6.07) is 14.3. The number of nitrogens with one attached hydrogen (secondary N) is 1. The van der Waals surface area contributed by atoms with Gasteiger partial charge in [-0.15, -0.1) is 0 Å². The van der Waals surface area contributed by atoms with Gasteiger partial charge < -0.3 is 24.1 Å². The number of hydrogen-bond donors (Lipinski definition) is 1. The van der Waals surface area contributed by atoms with Gasteiger partial charge in [0.25, 0.3) is 5.91 Å². The van der Waals surface area contributed by atoms with E-state index in [1.165, 1.54) is 16.5 Å². The highest BCUT2D eigenvalue weighted by atomic mass is 32.1. The number of aromatic nitrogens is 1. The largest absolute Gasteiger partial charge is 0.494 e. The van der Waals surface area contributed by atoms with Crippen LogP contribution in [-0.4, -0.2) is 96.0 Å². The number of nitrogens with zero attached hydrogens (tertiary/aromatic N) is 3. The molecule has 0 saturated carbocycles. The van der Waals surface area contributed by atoms with Crippen molar-refractivity contribution in [2.45, 2.75) is 58.7 Å². The SMILES string of the molecule is CCOCCN(CCCOc1ccc(C2c3[nH]c4ccc(C)cc4c3CC3C(=O)N(C(C)C)C(=S)N32)cc1)CCOC. The minimum Gasteiger partial charge on any atom is -0.494 e. The Hall–Kier alpha value is -2.98. The lowest BCUT2D eigenvalue weighted by Gasteiger charge is -2.37. The third-order valence-corrected chi connectivity index (χ3v) is 8.70. The zero-order valence-corrected chi connectivity index (χ0v) is 26.3. The normalized spacial score (nSPS) is 18.5. The first-order chi connectivity index (χ1) is 20.3. The first kappa shape index (κ1) is 30.5. The molecule has 9 heteroatoms. The van der Waals surface area contributed by atoms with Crippen molar-refractivity contribution in [3.63, 3.8) is 0 Å². The van der Waals surface area contributed by atoms with Crippen molar-refractivity contribution in [2.24, 2.45) is 0 Å². The molecule has 1 saturated heterocycles. The molecular formula is C33H44N4O4S. The lowest BCUT2D eigenvalue weighted by Crippen LogP contribution is -2.44. The van der Waals surface area contributed by atoms with Crippen LogP contribution in [0.1, 0.15) is 55.6 Å². The zero-order valence-electron chi connectivity index (χ0n) is 25.5. The Morgan fingerprint density at radius 3 is 2.55 bits per heavy atom. The number of carbonyl (C=O) groups excluding carboxylic acids is 1. The van der Waals surface area contributed by atoms with E-state index in [1.54, 1.807) is 12.0 Å². The van der Waals surface area contributed by atoms with Crippen molar-refractivity contribution in [3.05, 3.63) is 64.8 Å². The van der Waals surface area contributed by atoms with Gasteiger partial charge in [-0.05, 0) is 81.7 Å². The summed E-state index contributed by atoms with van der Waals surface area (Å²) >= 11 is 5.95. The molecular weight excluding hydrogens is 548 g/mol. The lowest BCUT2D eigenvalue weighted by atomic mass is 9.88. The van der Waals surface area contributed by atoms with Crippen LogP contribution < -0.4 is 4.74 Å². The molecule has 5 rings (SSSR count). The van der Waals surface area contributed by atoms with Crippen molar-refractivity contribution in [2.75, 3.05) is 53.2 Å². The second kappa shape index (κ2) is 13.5. The molecule has 0 radical (unpaired) electrons. The number of aryl methyl sites for hydroxylation is 1. The van der Waals surface area contributed by atoms with E-state index in [1.807, 2.05) is 32.9 Å². The number of amides is 1. The summed E-state index contributed by atoms with van der Waals surface area (Å²) in [5.41, 5.74) is 5.71. The molecule has 2 unspecified atom stereocenters. The second-order valence-electron chi connectivity index (χ2n) is 11.5.